The van der Waals surface area contributed by atoms with E-state index in [0.29, 0.717) is 40.3 Å². The van der Waals surface area contributed by atoms with E-state index < -0.39 is 23.7 Å². The number of Topliss-reactive ketones (excluding diaryl/α,β-unsaturated/α-hetero) is 1. The molecule has 0 aliphatic heterocycles. The summed E-state index contributed by atoms with van der Waals surface area (Å²) in [6.45, 7) is 5.74. The first-order valence-electron chi connectivity index (χ1n) is 12.5. The number of amides is 2. The zero-order valence-electron chi connectivity index (χ0n) is 21.6. The maximum absolute atomic E-state index is 14.0. The molecule has 0 radical (unpaired) electrons. The molecule has 0 aliphatic rings. The Morgan fingerprint density at radius 3 is 2.45 bits per heavy atom. The van der Waals surface area contributed by atoms with Crippen molar-refractivity contribution in [2.24, 2.45) is 5.92 Å². The highest BCUT2D eigenvalue weighted by atomic mass is 19.1. The average Bonchev–Trinajstić information content (AvgIpc) is 3.30. The maximum atomic E-state index is 14.0. The van der Waals surface area contributed by atoms with Gasteiger partial charge in [-0.05, 0) is 61.2 Å². The van der Waals surface area contributed by atoms with Gasteiger partial charge in [0.05, 0.1) is 5.52 Å². The van der Waals surface area contributed by atoms with E-state index in [1.165, 1.54) is 40.8 Å². The molecular weight excluding hydrogens is 485 g/mol. The quantitative estimate of drug-likeness (QED) is 0.309. The second-order valence-electron chi connectivity index (χ2n) is 9.53. The number of nitrogens with zero attached hydrogens (tertiary/aromatic N) is 4. The van der Waals surface area contributed by atoms with Gasteiger partial charge in [-0.2, -0.15) is 0 Å². The van der Waals surface area contributed by atoms with Gasteiger partial charge in [0.2, 0.25) is 11.8 Å². The summed E-state index contributed by atoms with van der Waals surface area (Å²) in [5.41, 5.74) is 2.48. The van der Waals surface area contributed by atoms with Crippen molar-refractivity contribution in [1.29, 1.82) is 0 Å². The van der Waals surface area contributed by atoms with Crippen molar-refractivity contribution in [3.05, 3.63) is 89.7 Å². The van der Waals surface area contributed by atoms with Crippen LogP contribution in [0.3, 0.4) is 0 Å². The molecular formula is C29H30FN5O3. The van der Waals surface area contributed by atoms with Crippen LogP contribution in [0, 0.1) is 11.7 Å². The number of rotatable bonds is 10. The van der Waals surface area contributed by atoms with Crippen molar-refractivity contribution in [3.63, 3.8) is 0 Å². The molecule has 196 valence electrons. The van der Waals surface area contributed by atoms with E-state index in [1.807, 2.05) is 12.1 Å². The van der Waals surface area contributed by atoms with Crippen LogP contribution in [0.2, 0.25) is 0 Å². The normalized spacial score (nSPS) is 11.9. The Bertz CT molecular complexity index is 1450. The molecule has 38 heavy (non-hydrogen) atoms. The first-order chi connectivity index (χ1) is 18.2. The minimum Gasteiger partial charge on any atom is -0.354 e. The Kier molecular flexibility index (Phi) is 8.25. The molecule has 1 N–H and O–H groups in total. The van der Waals surface area contributed by atoms with Crippen molar-refractivity contribution in [1.82, 2.24) is 20.3 Å². The molecule has 0 saturated heterocycles. The highest BCUT2D eigenvalue weighted by molar-refractivity contribution is 6.03. The number of benzene rings is 3. The number of aromatic nitrogens is 3. The number of fused-ring (bicyclic) bond motifs is 1. The molecule has 0 spiro atoms. The lowest BCUT2D eigenvalue weighted by Gasteiger charge is -2.32. The lowest BCUT2D eigenvalue weighted by molar-refractivity contribution is -0.127. The summed E-state index contributed by atoms with van der Waals surface area (Å²) < 4.78 is 15.3. The summed E-state index contributed by atoms with van der Waals surface area (Å²) in [5.74, 6) is -1.14. The number of para-hydroxylation sites is 1. The van der Waals surface area contributed by atoms with Gasteiger partial charge in [-0.15, -0.1) is 5.10 Å². The number of nitrogens with one attached hydrogen (secondary N) is 1. The standard InChI is InChI=1S/C29H30FN5O3/c1-19(2)15-16-31-29(38)28(21-11-13-23(30)14-12-21)35(24-8-6-7-22(17-24)20(3)36)27(37)18-34-26-10-5-4-9-25(26)32-33-34/h4-14,17,19,28H,15-16,18H2,1-3H3,(H,31,38)/t28-/m1/s1. The van der Waals surface area contributed by atoms with Gasteiger partial charge in [0.15, 0.2) is 5.78 Å². The second kappa shape index (κ2) is 11.8. The maximum Gasteiger partial charge on any atom is 0.249 e. The topological polar surface area (TPSA) is 97.2 Å². The zero-order valence-corrected chi connectivity index (χ0v) is 21.6. The number of carbonyl (C=O) groups excluding carboxylic acids is 3. The van der Waals surface area contributed by atoms with Crippen molar-refractivity contribution >= 4 is 34.3 Å². The van der Waals surface area contributed by atoms with E-state index in [4.69, 9.17) is 0 Å². The molecule has 0 bridgehead atoms. The van der Waals surface area contributed by atoms with E-state index >= 15 is 0 Å². The van der Waals surface area contributed by atoms with Crippen LogP contribution in [0.5, 0.6) is 0 Å². The van der Waals surface area contributed by atoms with Gasteiger partial charge in [-0.3, -0.25) is 19.3 Å². The molecule has 0 fully saturated rings. The third-order valence-electron chi connectivity index (χ3n) is 6.22. The number of hydrogen-bond acceptors (Lipinski definition) is 5. The molecule has 0 aliphatic carbocycles. The number of carbonyl (C=O) groups is 3. The molecule has 3 aromatic carbocycles. The zero-order chi connectivity index (χ0) is 27.2. The third kappa shape index (κ3) is 6.11. The minimum atomic E-state index is -1.12. The Balaban J connectivity index is 1.80. The highest BCUT2D eigenvalue weighted by Crippen LogP contribution is 2.30. The van der Waals surface area contributed by atoms with Gasteiger partial charge >= 0.3 is 0 Å². The summed E-state index contributed by atoms with van der Waals surface area (Å²) in [5, 5.41) is 11.2. The Morgan fingerprint density at radius 1 is 1.00 bits per heavy atom. The fourth-order valence-corrected chi connectivity index (χ4v) is 4.19. The first kappa shape index (κ1) is 26.7. The van der Waals surface area contributed by atoms with E-state index in [9.17, 15) is 18.8 Å². The molecule has 0 unspecified atom stereocenters. The van der Waals surface area contributed by atoms with Crippen LogP contribution in [0.4, 0.5) is 10.1 Å². The molecule has 1 atom stereocenters. The van der Waals surface area contributed by atoms with Crippen LogP contribution in [-0.4, -0.2) is 39.1 Å². The van der Waals surface area contributed by atoms with Gasteiger partial charge in [0.1, 0.15) is 23.9 Å². The van der Waals surface area contributed by atoms with Gasteiger partial charge < -0.3 is 5.32 Å². The molecule has 4 aromatic rings. The van der Waals surface area contributed by atoms with E-state index in [1.54, 1.807) is 36.4 Å². The van der Waals surface area contributed by atoms with Crippen molar-refractivity contribution in [2.75, 3.05) is 11.4 Å². The molecule has 0 saturated carbocycles. The number of hydrogen-bond donors (Lipinski definition) is 1. The smallest absolute Gasteiger partial charge is 0.249 e. The number of halogens is 1. The van der Waals surface area contributed by atoms with E-state index in [0.717, 1.165) is 6.42 Å². The van der Waals surface area contributed by atoms with Gasteiger partial charge in [0, 0.05) is 17.8 Å². The monoisotopic (exact) mass is 515 g/mol. The predicted molar refractivity (Wildman–Crippen MR) is 143 cm³/mol. The van der Waals surface area contributed by atoms with Crippen molar-refractivity contribution < 1.29 is 18.8 Å². The van der Waals surface area contributed by atoms with Crippen LogP contribution in [-0.2, 0) is 16.1 Å². The predicted octanol–water partition coefficient (Wildman–Crippen LogP) is 4.71. The van der Waals surface area contributed by atoms with Gasteiger partial charge in [0.25, 0.3) is 0 Å². The fourth-order valence-electron chi connectivity index (χ4n) is 4.19. The molecule has 8 nitrogen and oxygen atoms in total. The SMILES string of the molecule is CC(=O)c1cccc(N(C(=O)Cn2nnc3ccccc32)[C@@H](C(=O)NCCC(C)C)c2ccc(F)cc2)c1. The number of anilines is 1. The van der Waals surface area contributed by atoms with Crippen LogP contribution >= 0.6 is 0 Å². The molecule has 9 heteroatoms. The van der Waals surface area contributed by atoms with Crippen molar-refractivity contribution in [2.45, 2.75) is 39.8 Å². The largest absolute Gasteiger partial charge is 0.354 e. The van der Waals surface area contributed by atoms with Crippen LogP contribution in [0.15, 0.2) is 72.8 Å². The van der Waals surface area contributed by atoms with Gasteiger partial charge in [-0.1, -0.05) is 55.5 Å². The molecule has 1 heterocycles. The second-order valence-corrected chi connectivity index (χ2v) is 9.53. The third-order valence-corrected chi connectivity index (χ3v) is 6.22. The lowest BCUT2D eigenvalue weighted by Crippen LogP contribution is -2.45. The summed E-state index contributed by atoms with van der Waals surface area (Å²) in [6, 6.07) is 18.2. The summed E-state index contributed by atoms with van der Waals surface area (Å²) >= 11 is 0. The molecule has 2 amide bonds. The minimum absolute atomic E-state index is 0.179. The summed E-state index contributed by atoms with van der Waals surface area (Å²) in [6.07, 6.45) is 0.751. The van der Waals surface area contributed by atoms with E-state index in [2.05, 4.69) is 29.5 Å². The average molecular weight is 516 g/mol. The summed E-state index contributed by atoms with van der Waals surface area (Å²) in [7, 11) is 0. The van der Waals surface area contributed by atoms with Crippen LogP contribution in [0.25, 0.3) is 11.0 Å². The Labute approximate surface area is 220 Å². The highest BCUT2D eigenvalue weighted by Gasteiger charge is 2.33. The Hall–Kier alpha value is -4.40. The lowest BCUT2D eigenvalue weighted by atomic mass is 10.0. The van der Waals surface area contributed by atoms with Gasteiger partial charge in [-0.25, -0.2) is 9.07 Å². The molecule has 1 aromatic heterocycles. The number of ketones is 1. The summed E-state index contributed by atoms with van der Waals surface area (Å²) in [4.78, 5) is 41.2. The Morgan fingerprint density at radius 2 is 1.74 bits per heavy atom. The van der Waals surface area contributed by atoms with Crippen LogP contribution < -0.4 is 10.2 Å². The molecule has 4 rings (SSSR count). The fraction of sp³-hybridized carbons (Fsp3) is 0.276. The van der Waals surface area contributed by atoms with E-state index in [-0.39, 0.29) is 12.3 Å². The first-order valence-corrected chi connectivity index (χ1v) is 12.5. The van der Waals surface area contributed by atoms with Crippen LogP contribution in [0.1, 0.15) is 49.2 Å². The van der Waals surface area contributed by atoms with Crippen molar-refractivity contribution in [3.8, 4) is 0 Å².